The van der Waals surface area contributed by atoms with Gasteiger partial charge in [0.2, 0.25) is 0 Å². The largest absolute Gasteiger partial charge is 0.493 e. The van der Waals surface area contributed by atoms with Crippen LogP contribution in [-0.2, 0) is 20.9 Å². The number of rotatable bonds is 9. The van der Waals surface area contributed by atoms with Gasteiger partial charge in [0.25, 0.3) is 0 Å². The first-order chi connectivity index (χ1) is 16.5. The first-order valence-corrected chi connectivity index (χ1v) is 11.0. The lowest BCUT2D eigenvalue weighted by Gasteiger charge is -2.29. The molecule has 0 N–H and O–H groups in total. The SMILES string of the molecule is CCOC(=O)[C@H](C)N(C(=O)OCc1ccccc1)c1ccccc1-c1ccc(OC)c(OC)c1. The van der Waals surface area contributed by atoms with Gasteiger partial charge in [-0.05, 0) is 43.2 Å². The van der Waals surface area contributed by atoms with E-state index in [1.54, 1.807) is 46.3 Å². The van der Waals surface area contributed by atoms with E-state index in [1.165, 1.54) is 4.90 Å². The van der Waals surface area contributed by atoms with E-state index in [0.717, 1.165) is 16.7 Å². The van der Waals surface area contributed by atoms with Crippen LogP contribution >= 0.6 is 0 Å². The number of esters is 1. The maximum absolute atomic E-state index is 13.3. The molecule has 0 spiro atoms. The molecule has 0 aliphatic heterocycles. The summed E-state index contributed by atoms with van der Waals surface area (Å²) >= 11 is 0. The molecule has 3 aromatic rings. The highest BCUT2D eigenvalue weighted by atomic mass is 16.6. The van der Waals surface area contributed by atoms with Crippen LogP contribution in [0.15, 0.2) is 72.8 Å². The molecule has 3 rings (SSSR count). The van der Waals surface area contributed by atoms with E-state index in [1.807, 2.05) is 54.6 Å². The van der Waals surface area contributed by atoms with E-state index < -0.39 is 18.1 Å². The van der Waals surface area contributed by atoms with Crippen molar-refractivity contribution in [2.75, 3.05) is 25.7 Å². The topological polar surface area (TPSA) is 74.3 Å². The van der Waals surface area contributed by atoms with Crippen molar-refractivity contribution in [3.05, 3.63) is 78.4 Å². The zero-order chi connectivity index (χ0) is 24.5. The van der Waals surface area contributed by atoms with Gasteiger partial charge in [-0.2, -0.15) is 0 Å². The molecule has 0 aliphatic rings. The van der Waals surface area contributed by atoms with Crippen molar-refractivity contribution in [1.29, 1.82) is 0 Å². The number of methoxy groups -OCH3 is 2. The molecule has 0 saturated carbocycles. The summed E-state index contributed by atoms with van der Waals surface area (Å²) in [6.07, 6.45) is -0.655. The molecule has 0 saturated heterocycles. The summed E-state index contributed by atoms with van der Waals surface area (Å²) in [5, 5.41) is 0. The van der Waals surface area contributed by atoms with Gasteiger partial charge in [0.05, 0.1) is 26.5 Å². The van der Waals surface area contributed by atoms with Crippen molar-refractivity contribution >= 4 is 17.7 Å². The Morgan fingerprint density at radius 3 is 2.21 bits per heavy atom. The van der Waals surface area contributed by atoms with Crippen molar-refractivity contribution in [3.8, 4) is 22.6 Å². The molecule has 0 heterocycles. The molecule has 0 fully saturated rings. The monoisotopic (exact) mass is 463 g/mol. The van der Waals surface area contributed by atoms with E-state index >= 15 is 0 Å². The minimum atomic E-state index is -0.912. The number of anilines is 1. The molecular weight excluding hydrogens is 434 g/mol. The highest BCUT2D eigenvalue weighted by Crippen LogP contribution is 2.37. The van der Waals surface area contributed by atoms with Crippen LogP contribution in [0.2, 0.25) is 0 Å². The zero-order valence-corrected chi connectivity index (χ0v) is 19.8. The standard InChI is InChI=1S/C27H29NO6/c1-5-33-26(29)19(2)28(27(30)34-18-20-11-7-6-8-12-20)23-14-10-9-13-22(23)21-15-16-24(31-3)25(17-21)32-4/h6-17,19H,5,18H2,1-4H3/t19-/m0/s1. The number of amides is 1. The van der Waals surface area contributed by atoms with Gasteiger partial charge in [0.1, 0.15) is 12.6 Å². The fourth-order valence-corrected chi connectivity index (χ4v) is 3.55. The zero-order valence-electron chi connectivity index (χ0n) is 19.8. The molecule has 34 heavy (non-hydrogen) atoms. The van der Waals surface area contributed by atoms with E-state index in [0.29, 0.717) is 17.2 Å². The van der Waals surface area contributed by atoms with E-state index in [-0.39, 0.29) is 13.2 Å². The minimum absolute atomic E-state index is 0.0737. The fourth-order valence-electron chi connectivity index (χ4n) is 3.55. The van der Waals surface area contributed by atoms with Crippen LogP contribution < -0.4 is 14.4 Å². The Labute approximate surface area is 199 Å². The number of nitrogens with zero attached hydrogens (tertiary/aromatic N) is 1. The first kappa shape index (κ1) is 24.6. The van der Waals surface area contributed by atoms with Crippen LogP contribution in [0.1, 0.15) is 19.4 Å². The van der Waals surface area contributed by atoms with Crippen LogP contribution in [0.4, 0.5) is 10.5 Å². The van der Waals surface area contributed by atoms with Gasteiger partial charge in [-0.3, -0.25) is 4.90 Å². The number of ether oxygens (including phenoxy) is 4. The molecule has 0 aromatic heterocycles. The summed E-state index contributed by atoms with van der Waals surface area (Å²) < 4.78 is 21.6. The molecule has 7 heteroatoms. The molecule has 0 unspecified atom stereocenters. The van der Waals surface area contributed by atoms with Crippen LogP contribution in [0.25, 0.3) is 11.1 Å². The van der Waals surface area contributed by atoms with E-state index in [9.17, 15) is 9.59 Å². The lowest BCUT2D eigenvalue weighted by Crippen LogP contribution is -2.45. The van der Waals surface area contributed by atoms with Crippen LogP contribution in [0, 0.1) is 0 Å². The normalized spacial score (nSPS) is 11.3. The Bertz CT molecular complexity index is 1120. The van der Waals surface area contributed by atoms with Crippen molar-refractivity contribution in [1.82, 2.24) is 0 Å². The summed E-state index contributed by atoms with van der Waals surface area (Å²) in [5.41, 5.74) is 2.85. The molecule has 3 aromatic carbocycles. The Morgan fingerprint density at radius 1 is 0.853 bits per heavy atom. The predicted molar refractivity (Wildman–Crippen MR) is 130 cm³/mol. The highest BCUT2D eigenvalue weighted by molar-refractivity contribution is 5.99. The van der Waals surface area contributed by atoms with E-state index in [2.05, 4.69) is 0 Å². The molecule has 178 valence electrons. The molecule has 1 atom stereocenters. The summed E-state index contributed by atoms with van der Waals surface area (Å²) in [6.45, 7) is 3.62. The molecule has 0 aliphatic carbocycles. The number of benzene rings is 3. The second kappa shape index (κ2) is 11.7. The maximum Gasteiger partial charge on any atom is 0.415 e. The lowest BCUT2D eigenvalue weighted by atomic mass is 10.0. The number of carbonyl (C=O) groups excluding carboxylic acids is 2. The quantitative estimate of drug-likeness (QED) is 0.392. The average molecular weight is 464 g/mol. The fraction of sp³-hybridized carbons (Fsp3) is 0.259. The number of carbonyl (C=O) groups is 2. The molecule has 1 amide bonds. The van der Waals surface area contributed by atoms with Gasteiger partial charge in [-0.15, -0.1) is 0 Å². The smallest absolute Gasteiger partial charge is 0.415 e. The third-order valence-corrected chi connectivity index (χ3v) is 5.27. The van der Waals surface area contributed by atoms with Gasteiger partial charge >= 0.3 is 12.1 Å². The van der Waals surface area contributed by atoms with Gasteiger partial charge < -0.3 is 18.9 Å². The Kier molecular flexibility index (Phi) is 8.51. The second-order valence-electron chi connectivity index (χ2n) is 7.43. The summed E-state index contributed by atoms with van der Waals surface area (Å²) in [5.74, 6) is 0.607. The van der Waals surface area contributed by atoms with Crippen LogP contribution in [0.5, 0.6) is 11.5 Å². The lowest BCUT2D eigenvalue weighted by molar-refractivity contribution is -0.144. The van der Waals surface area contributed by atoms with Crippen LogP contribution in [-0.4, -0.2) is 38.9 Å². The van der Waals surface area contributed by atoms with Crippen molar-refractivity contribution in [3.63, 3.8) is 0 Å². The highest BCUT2D eigenvalue weighted by Gasteiger charge is 2.31. The number of para-hydroxylation sites is 1. The summed E-state index contributed by atoms with van der Waals surface area (Å²) in [7, 11) is 3.13. The third kappa shape index (κ3) is 5.67. The first-order valence-electron chi connectivity index (χ1n) is 11.0. The Balaban J connectivity index is 2.02. The predicted octanol–water partition coefficient (Wildman–Crippen LogP) is 5.47. The second-order valence-corrected chi connectivity index (χ2v) is 7.43. The van der Waals surface area contributed by atoms with Crippen molar-refractivity contribution in [2.45, 2.75) is 26.5 Å². The Hall–Kier alpha value is -4.00. The molecular formula is C27H29NO6. The molecule has 7 nitrogen and oxygen atoms in total. The van der Waals surface area contributed by atoms with Crippen LogP contribution in [0.3, 0.4) is 0 Å². The minimum Gasteiger partial charge on any atom is -0.493 e. The van der Waals surface area contributed by atoms with Gasteiger partial charge in [-0.1, -0.05) is 54.6 Å². The van der Waals surface area contributed by atoms with E-state index in [4.69, 9.17) is 18.9 Å². The third-order valence-electron chi connectivity index (χ3n) is 5.27. The number of hydrogen-bond donors (Lipinski definition) is 0. The number of hydrogen-bond acceptors (Lipinski definition) is 6. The summed E-state index contributed by atoms with van der Waals surface area (Å²) in [6, 6.07) is 21.2. The maximum atomic E-state index is 13.3. The van der Waals surface area contributed by atoms with Gasteiger partial charge in [0, 0.05) is 5.56 Å². The molecule has 0 radical (unpaired) electrons. The average Bonchev–Trinajstić information content (AvgIpc) is 2.88. The Morgan fingerprint density at radius 2 is 1.53 bits per heavy atom. The van der Waals surface area contributed by atoms with Gasteiger partial charge in [0.15, 0.2) is 11.5 Å². The molecule has 0 bridgehead atoms. The van der Waals surface area contributed by atoms with Gasteiger partial charge in [-0.25, -0.2) is 9.59 Å². The van der Waals surface area contributed by atoms with Crippen molar-refractivity contribution < 1.29 is 28.5 Å². The van der Waals surface area contributed by atoms with Crippen molar-refractivity contribution in [2.24, 2.45) is 0 Å². The summed E-state index contributed by atoms with van der Waals surface area (Å²) in [4.78, 5) is 27.3.